The summed E-state index contributed by atoms with van der Waals surface area (Å²) in [6, 6.07) is 4.91. The predicted molar refractivity (Wildman–Crippen MR) is 109 cm³/mol. The molecule has 146 valence electrons. The van der Waals surface area contributed by atoms with E-state index < -0.39 is 5.91 Å². The summed E-state index contributed by atoms with van der Waals surface area (Å²) >= 11 is 18.4. The third kappa shape index (κ3) is 5.15. The second-order valence-electron chi connectivity index (χ2n) is 6.63. The number of hydrogen-bond donors (Lipinski definition) is 1. The van der Waals surface area contributed by atoms with Crippen molar-refractivity contribution in [2.45, 2.75) is 27.3 Å². The van der Waals surface area contributed by atoms with E-state index in [0.717, 1.165) is 0 Å². The Morgan fingerprint density at radius 3 is 2.37 bits per heavy atom. The lowest BCUT2D eigenvalue weighted by Gasteiger charge is -2.17. The van der Waals surface area contributed by atoms with Gasteiger partial charge in [0.1, 0.15) is 5.15 Å². The van der Waals surface area contributed by atoms with Gasteiger partial charge in [-0.1, -0.05) is 54.7 Å². The fraction of sp³-hybridized carbons (Fsp3) is 0.389. The number of aromatic nitrogens is 2. The average molecular weight is 432 g/mol. The van der Waals surface area contributed by atoms with Crippen molar-refractivity contribution in [3.05, 3.63) is 44.7 Å². The van der Waals surface area contributed by atoms with Crippen LogP contribution in [-0.2, 0) is 11.3 Å². The van der Waals surface area contributed by atoms with Crippen LogP contribution in [0.5, 0.6) is 0 Å². The first kappa shape index (κ1) is 21.5. The second-order valence-corrected chi connectivity index (χ2v) is 7.81. The number of carbonyl (C=O) groups is 2. The summed E-state index contributed by atoms with van der Waals surface area (Å²) in [7, 11) is 1.52. The highest BCUT2D eigenvalue weighted by molar-refractivity contribution is 6.39. The van der Waals surface area contributed by atoms with Crippen LogP contribution in [0.1, 0.15) is 29.9 Å². The summed E-state index contributed by atoms with van der Waals surface area (Å²) in [5, 5.41) is 7.86. The number of likely N-dealkylation sites (N-methyl/N-ethyl adjacent to an activating group) is 1. The Bertz CT molecular complexity index is 844. The highest BCUT2D eigenvalue weighted by Crippen LogP contribution is 2.29. The smallest absolute Gasteiger partial charge is 0.259 e. The maximum atomic E-state index is 12.8. The Balaban J connectivity index is 2.12. The largest absolute Gasteiger partial charge is 0.332 e. The van der Waals surface area contributed by atoms with E-state index in [9.17, 15) is 9.59 Å². The number of rotatable bonds is 6. The summed E-state index contributed by atoms with van der Waals surface area (Å²) in [4.78, 5) is 26.3. The number of nitrogens with zero attached hydrogens (tertiary/aromatic N) is 3. The highest BCUT2D eigenvalue weighted by atomic mass is 35.5. The molecule has 0 aliphatic carbocycles. The van der Waals surface area contributed by atoms with Gasteiger partial charge in [-0.15, -0.1) is 0 Å². The lowest BCUT2D eigenvalue weighted by Crippen LogP contribution is -2.35. The molecule has 0 fully saturated rings. The van der Waals surface area contributed by atoms with Crippen molar-refractivity contribution in [2.75, 3.05) is 18.9 Å². The van der Waals surface area contributed by atoms with Gasteiger partial charge in [-0.25, -0.2) is 0 Å². The molecule has 0 saturated heterocycles. The Hall–Kier alpha value is -1.76. The molecule has 2 amide bonds. The van der Waals surface area contributed by atoms with Gasteiger partial charge in [0.2, 0.25) is 5.91 Å². The number of benzene rings is 1. The molecule has 0 atom stereocenters. The molecule has 27 heavy (non-hydrogen) atoms. The fourth-order valence-electron chi connectivity index (χ4n) is 2.54. The predicted octanol–water partition coefficient (Wildman–Crippen LogP) is 4.52. The molecule has 0 unspecified atom stereocenters. The molecule has 1 aromatic carbocycles. The number of carbonyl (C=O) groups excluding carboxylic acids is 2. The Kier molecular flexibility index (Phi) is 7.14. The first-order chi connectivity index (χ1) is 12.6. The van der Waals surface area contributed by atoms with Gasteiger partial charge in [0.05, 0.1) is 33.5 Å². The van der Waals surface area contributed by atoms with Crippen molar-refractivity contribution in [3.63, 3.8) is 0 Å². The van der Waals surface area contributed by atoms with E-state index in [0.29, 0.717) is 39.5 Å². The van der Waals surface area contributed by atoms with E-state index in [1.807, 2.05) is 13.8 Å². The van der Waals surface area contributed by atoms with Gasteiger partial charge in [0.25, 0.3) is 5.91 Å². The van der Waals surface area contributed by atoms with Crippen LogP contribution >= 0.6 is 34.8 Å². The van der Waals surface area contributed by atoms with Crippen LogP contribution in [0, 0.1) is 12.8 Å². The number of amides is 2. The fourth-order valence-corrected chi connectivity index (χ4v) is 3.35. The minimum atomic E-state index is -0.427. The van der Waals surface area contributed by atoms with Gasteiger partial charge in [-0.05, 0) is 25.0 Å². The van der Waals surface area contributed by atoms with Crippen molar-refractivity contribution < 1.29 is 9.59 Å². The maximum Gasteiger partial charge on any atom is 0.259 e. The standard InChI is InChI=1S/C18H21Cl3N4O2/c1-10(2)8-25-17(21)15(11(3)23-25)18(27)24(4)9-14(26)22-16-12(19)6-5-7-13(16)20/h5-7,10H,8-9H2,1-4H3,(H,22,26). The van der Waals surface area contributed by atoms with Crippen molar-refractivity contribution in [1.29, 1.82) is 0 Å². The molecule has 0 saturated carbocycles. The first-order valence-corrected chi connectivity index (χ1v) is 9.47. The summed E-state index contributed by atoms with van der Waals surface area (Å²) < 4.78 is 1.60. The molecular formula is C18H21Cl3N4O2. The Morgan fingerprint density at radius 2 is 1.81 bits per heavy atom. The maximum absolute atomic E-state index is 12.8. The number of para-hydroxylation sites is 1. The lowest BCUT2D eigenvalue weighted by molar-refractivity contribution is -0.116. The van der Waals surface area contributed by atoms with E-state index >= 15 is 0 Å². The van der Waals surface area contributed by atoms with Crippen LogP contribution in [-0.4, -0.2) is 40.1 Å². The van der Waals surface area contributed by atoms with Crippen LogP contribution in [0.2, 0.25) is 15.2 Å². The van der Waals surface area contributed by atoms with Gasteiger partial charge in [0.15, 0.2) is 0 Å². The molecule has 9 heteroatoms. The molecule has 6 nitrogen and oxygen atoms in total. The number of aryl methyl sites for hydroxylation is 1. The van der Waals surface area contributed by atoms with Crippen molar-refractivity contribution in [1.82, 2.24) is 14.7 Å². The van der Waals surface area contributed by atoms with E-state index in [-0.39, 0.29) is 17.6 Å². The summed E-state index contributed by atoms with van der Waals surface area (Å²) in [5.74, 6) is -0.481. The van der Waals surface area contributed by atoms with Crippen LogP contribution in [0.4, 0.5) is 5.69 Å². The number of nitrogens with one attached hydrogen (secondary N) is 1. The number of halogens is 3. The van der Waals surface area contributed by atoms with E-state index in [1.54, 1.807) is 29.8 Å². The zero-order valence-corrected chi connectivity index (χ0v) is 17.8. The molecule has 2 rings (SSSR count). The summed E-state index contributed by atoms with van der Waals surface area (Å²) in [6.07, 6.45) is 0. The zero-order valence-electron chi connectivity index (χ0n) is 15.5. The molecule has 0 bridgehead atoms. The van der Waals surface area contributed by atoms with Crippen LogP contribution in [0.15, 0.2) is 18.2 Å². The topological polar surface area (TPSA) is 67.2 Å². The van der Waals surface area contributed by atoms with Crippen molar-refractivity contribution in [2.24, 2.45) is 5.92 Å². The van der Waals surface area contributed by atoms with E-state index in [1.165, 1.54) is 11.9 Å². The first-order valence-electron chi connectivity index (χ1n) is 8.34. The van der Waals surface area contributed by atoms with Crippen molar-refractivity contribution >= 4 is 52.3 Å². The van der Waals surface area contributed by atoms with Gasteiger partial charge < -0.3 is 10.2 Å². The van der Waals surface area contributed by atoms with E-state index in [2.05, 4.69) is 10.4 Å². The van der Waals surface area contributed by atoms with Gasteiger partial charge in [-0.2, -0.15) is 5.10 Å². The lowest BCUT2D eigenvalue weighted by atomic mass is 10.2. The van der Waals surface area contributed by atoms with Crippen molar-refractivity contribution in [3.8, 4) is 0 Å². The Labute approximate surface area is 173 Å². The van der Waals surface area contributed by atoms with Crippen LogP contribution < -0.4 is 5.32 Å². The third-order valence-electron chi connectivity index (χ3n) is 3.77. The highest BCUT2D eigenvalue weighted by Gasteiger charge is 2.25. The second kappa shape index (κ2) is 8.95. The summed E-state index contributed by atoms with van der Waals surface area (Å²) in [6.45, 7) is 6.19. The van der Waals surface area contributed by atoms with Crippen LogP contribution in [0.25, 0.3) is 0 Å². The molecule has 1 heterocycles. The molecule has 1 aromatic heterocycles. The zero-order chi connectivity index (χ0) is 20.3. The normalized spacial score (nSPS) is 11.0. The van der Waals surface area contributed by atoms with Gasteiger partial charge >= 0.3 is 0 Å². The SMILES string of the molecule is Cc1nn(CC(C)C)c(Cl)c1C(=O)N(C)CC(=O)Nc1c(Cl)cccc1Cl. The molecule has 0 radical (unpaired) electrons. The Morgan fingerprint density at radius 1 is 1.22 bits per heavy atom. The third-order valence-corrected chi connectivity index (χ3v) is 4.79. The molecule has 1 N–H and O–H groups in total. The van der Waals surface area contributed by atoms with E-state index in [4.69, 9.17) is 34.8 Å². The minimum Gasteiger partial charge on any atom is -0.332 e. The molecule has 0 spiro atoms. The van der Waals surface area contributed by atoms with Gasteiger partial charge in [0, 0.05) is 13.6 Å². The number of hydrogen-bond acceptors (Lipinski definition) is 3. The quantitative estimate of drug-likeness (QED) is 0.731. The molecular weight excluding hydrogens is 411 g/mol. The van der Waals surface area contributed by atoms with Crippen LogP contribution in [0.3, 0.4) is 0 Å². The molecule has 0 aliphatic rings. The van der Waals surface area contributed by atoms with Gasteiger partial charge in [-0.3, -0.25) is 14.3 Å². The average Bonchev–Trinajstić information content (AvgIpc) is 2.83. The minimum absolute atomic E-state index is 0.189. The monoisotopic (exact) mass is 430 g/mol. The molecule has 2 aromatic rings. The molecule has 0 aliphatic heterocycles. The summed E-state index contributed by atoms with van der Waals surface area (Å²) in [5.41, 5.74) is 1.13. The number of anilines is 1.